The van der Waals surface area contributed by atoms with Gasteiger partial charge in [0.05, 0.1) is 5.75 Å². The molecule has 1 aromatic rings. The van der Waals surface area contributed by atoms with Gasteiger partial charge in [-0.1, -0.05) is 30.3 Å². The van der Waals surface area contributed by atoms with Gasteiger partial charge >= 0.3 is 0 Å². The number of halogens is 1. The fourth-order valence-electron chi connectivity index (χ4n) is 2.24. The molecule has 0 amide bonds. The molecule has 1 aliphatic heterocycles. The zero-order valence-electron chi connectivity index (χ0n) is 11.1. The highest BCUT2D eigenvalue weighted by Gasteiger charge is 2.28. The van der Waals surface area contributed by atoms with Gasteiger partial charge in [0.15, 0.2) is 0 Å². The summed E-state index contributed by atoms with van der Waals surface area (Å²) in [6, 6.07) is 9.81. The van der Waals surface area contributed by atoms with Gasteiger partial charge < -0.3 is 5.32 Å². The standard InChI is InChI=1S/C13H20N2O2S.ClH/c1-12-11-14-8-9-15(12)18(16,17)10-7-13-5-3-2-4-6-13;/h2-6,12,14H,7-11H2,1H3;1H. The van der Waals surface area contributed by atoms with Crippen LogP contribution in [0.15, 0.2) is 30.3 Å². The molecule has 108 valence electrons. The van der Waals surface area contributed by atoms with Crippen LogP contribution in [0.2, 0.25) is 0 Å². The third-order valence-corrected chi connectivity index (χ3v) is 5.27. The fraction of sp³-hybridized carbons (Fsp3) is 0.538. The minimum absolute atomic E-state index is 0. The molecular formula is C13H21ClN2O2S. The molecule has 0 bridgehead atoms. The summed E-state index contributed by atoms with van der Waals surface area (Å²) >= 11 is 0. The zero-order valence-corrected chi connectivity index (χ0v) is 12.7. The van der Waals surface area contributed by atoms with Crippen LogP contribution in [0.3, 0.4) is 0 Å². The van der Waals surface area contributed by atoms with Crippen LogP contribution in [0.1, 0.15) is 12.5 Å². The van der Waals surface area contributed by atoms with Gasteiger partial charge in [0.2, 0.25) is 10.0 Å². The average molecular weight is 305 g/mol. The Bertz CT molecular complexity index is 479. The predicted molar refractivity (Wildman–Crippen MR) is 80.2 cm³/mol. The maximum absolute atomic E-state index is 12.3. The number of piperazine rings is 1. The van der Waals surface area contributed by atoms with Crippen molar-refractivity contribution < 1.29 is 8.42 Å². The molecule has 1 heterocycles. The summed E-state index contributed by atoms with van der Waals surface area (Å²) in [5.41, 5.74) is 1.07. The molecule has 0 spiro atoms. The molecule has 1 saturated heterocycles. The van der Waals surface area contributed by atoms with E-state index in [1.54, 1.807) is 4.31 Å². The first-order valence-electron chi connectivity index (χ1n) is 6.34. The first kappa shape index (κ1) is 16.4. The number of hydrogen-bond acceptors (Lipinski definition) is 3. The third-order valence-electron chi connectivity index (χ3n) is 3.29. The van der Waals surface area contributed by atoms with Crippen LogP contribution in [0.5, 0.6) is 0 Å². The maximum Gasteiger partial charge on any atom is 0.214 e. The van der Waals surface area contributed by atoms with E-state index in [0.717, 1.165) is 18.7 Å². The Hall–Kier alpha value is -0.620. The number of sulfonamides is 1. The monoisotopic (exact) mass is 304 g/mol. The van der Waals surface area contributed by atoms with E-state index in [0.29, 0.717) is 13.0 Å². The Morgan fingerprint density at radius 1 is 1.32 bits per heavy atom. The van der Waals surface area contributed by atoms with Crippen LogP contribution < -0.4 is 5.32 Å². The first-order chi connectivity index (χ1) is 8.59. The molecular weight excluding hydrogens is 284 g/mol. The van der Waals surface area contributed by atoms with E-state index < -0.39 is 10.0 Å². The Morgan fingerprint density at radius 3 is 2.63 bits per heavy atom. The normalized spacial score (nSPS) is 20.8. The van der Waals surface area contributed by atoms with E-state index in [2.05, 4.69) is 5.32 Å². The minimum Gasteiger partial charge on any atom is -0.314 e. The molecule has 4 nitrogen and oxygen atoms in total. The number of rotatable bonds is 4. The minimum atomic E-state index is -3.14. The van der Waals surface area contributed by atoms with Crippen molar-refractivity contribution in [3.05, 3.63) is 35.9 Å². The van der Waals surface area contributed by atoms with Gasteiger partial charge in [-0.15, -0.1) is 12.4 Å². The van der Waals surface area contributed by atoms with Crippen molar-refractivity contribution in [3.8, 4) is 0 Å². The lowest BCUT2D eigenvalue weighted by atomic mass is 10.2. The van der Waals surface area contributed by atoms with E-state index in [1.165, 1.54) is 0 Å². The lowest BCUT2D eigenvalue weighted by Crippen LogP contribution is -2.52. The van der Waals surface area contributed by atoms with Gasteiger partial charge in [-0.3, -0.25) is 0 Å². The van der Waals surface area contributed by atoms with E-state index in [4.69, 9.17) is 0 Å². The number of nitrogens with one attached hydrogen (secondary N) is 1. The highest BCUT2D eigenvalue weighted by Crippen LogP contribution is 2.12. The highest BCUT2D eigenvalue weighted by molar-refractivity contribution is 7.89. The summed E-state index contributed by atoms with van der Waals surface area (Å²) in [5.74, 6) is 0.196. The molecule has 1 fully saturated rings. The van der Waals surface area contributed by atoms with Gasteiger partial charge in [0.25, 0.3) is 0 Å². The lowest BCUT2D eigenvalue weighted by molar-refractivity contribution is 0.284. The summed E-state index contributed by atoms with van der Waals surface area (Å²) < 4.78 is 26.2. The molecule has 19 heavy (non-hydrogen) atoms. The summed E-state index contributed by atoms with van der Waals surface area (Å²) in [5, 5.41) is 3.20. The summed E-state index contributed by atoms with van der Waals surface area (Å²) in [6.45, 7) is 4.02. The number of benzene rings is 1. The number of aryl methyl sites for hydroxylation is 1. The third kappa shape index (κ3) is 4.45. The maximum atomic E-state index is 12.3. The molecule has 1 N–H and O–H groups in total. The quantitative estimate of drug-likeness (QED) is 0.911. The zero-order chi connectivity index (χ0) is 13.0. The van der Waals surface area contributed by atoms with Crippen LogP contribution in [0.25, 0.3) is 0 Å². The molecule has 2 rings (SSSR count). The van der Waals surface area contributed by atoms with E-state index in [9.17, 15) is 8.42 Å². The van der Waals surface area contributed by atoms with Crippen LogP contribution in [-0.4, -0.2) is 44.2 Å². The SMILES string of the molecule is CC1CNCCN1S(=O)(=O)CCc1ccccc1.Cl. The molecule has 0 saturated carbocycles. The van der Waals surface area contributed by atoms with Gasteiger partial charge in [0, 0.05) is 25.7 Å². The average Bonchev–Trinajstić information content (AvgIpc) is 2.38. The van der Waals surface area contributed by atoms with Gasteiger partial charge in [-0.25, -0.2) is 8.42 Å². The molecule has 1 atom stereocenters. The molecule has 1 aliphatic rings. The lowest BCUT2D eigenvalue weighted by Gasteiger charge is -2.32. The van der Waals surface area contributed by atoms with Crippen molar-refractivity contribution in [2.45, 2.75) is 19.4 Å². The molecule has 0 aliphatic carbocycles. The molecule has 0 radical (unpaired) electrons. The smallest absolute Gasteiger partial charge is 0.214 e. The summed E-state index contributed by atoms with van der Waals surface area (Å²) in [4.78, 5) is 0. The Morgan fingerprint density at radius 2 is 2.00 bits per heavy atom. The van der Waals surface area contributed by atoms with Gasteiger partial charge in [-0.05, 0) is 18.9 Å². The van der Waals surface area contributed by atoms with Crippen LogP contribution in [0.4, 0.5) is 0 Å². The number of hydrogen-bond donors (Lipinski definition) is 1. The van der Waals surface area contributed by atoms with E-state index >= 15 is 0 Å². The molecule has 1 aromatic carbocycles. The second-order valence-electron chi connectivity index (χ2n) is 4.72. The van der Waals surface area contributed by atoms with Crippen LogP contribution >= 0.6 is 12.4 Å². The van der Waals surface area contributed by atoms with Crippen molar-refractivity contribution in [2.75, 3.05) is 25.4 Å². The topological polar surface area (TPSA) is 49.4 Å². The second-order valence-corrected chi connectivity index (χ2v) is 6.76. The van der Waals surface area contributed by atoms with Crippen molar-refractivity contribution in [3.63, 3.8) is 0 Å². The Labute approximate surface area is 121 Å². The van der Waals surface area contributed by atoms with Crippen LogP contribution in [0, 0.1) is 0 Å². The van der Waals surface area contributed by atoms with Gasteiger partial charge in [0.1, 0.15) is 0 Å². The summed E-state index contributed by atoms with van der Waals surface area (Å²) in [7, 11) is -3.14. The highest BCUT2D eigenvalue weighted by atomic mass is 35.5. The molecule has 6 heteroatoms. The van der Waals surface area contributed by atoms with Crippen molar-refractivity contribution in [1.82, 2.24) is 9.62 Å². The summed E-state index contributed by atoms with van der Waals surface area (Å²) in [6.07, 6.45) is 0.583. The second kappa shape index (κ2) is 7.24. The van der Waals surface area contributed by atoms with Crippen LogP contribution in [-0.2, 0) is 16.4 Å². The molecule has 1 unspecified atom stereocenters. The Kier molecular flexibility index (Phi) is 6.26. The number of nitrogens with zero attached hydrogens (tertiary/aromatic N) is 1. The van der Waals surface area contributed by atoms with Crippen molar-refractivity contribution >= 4 is 22.4 Å². The van der Waals surface area contributed by atoms with Crippen molar-refractivity contribution in [1.29, 1.82) is 0 Å². The van der Waals surface area contributed by atoms with Crippen molar-refractivity contribution in [2.24, 2.45) is 0 Å². The first-order valence-corrected chi connectivity index (χ1v) is 7.95. The Balaban J connectivity index is 0.00000180. The van der Waals surface area contributed by atoms with Gasteiger partial charge in [-0.2, -0.15) is 4.31 Å². The fourth-order valence-corrected chi connectivity index (χ4v) is 3.96. The predicted octanol–water partition coefficient (Wildman–Crippen LogP) is 1.27. The largest absolute Gasteiger partial charge is 0.314 e. The van der Waals surface area contributed by atoms with E-state index in [-0.39, 0.29) is 24.2 Å². The molecule has 0 aromatic heterocycles. The van der Waals surface area contributed by atoms with E-state index in [1.807, 2.05) is 37.3 Å².